The Labute approximate surface area is 173 Å². The van der Waals surface area contributed by atoms with Crippen LogP contribution >= 0.6 is 0 Å². The van der Waals surface area contributed by atoms with E-state index in [-0.39, 0.29) is 5.69 Å². The van der Waals surface area contributed by atoms with Crippen LogP contribution in [0.15, 0.2) is 24.3 Å². The topological polar surface area (TPSA) is 130 Å². The summed E-state index contributed by atoms with van der Waals surface area (Å²) in [5.74, 6) is -1.60. The number of amides is 2. The van der Waals surface area contributed by atoms with E-state index in [4.69, 9.17) is 23.7 Å². The lowest BCUT2D eigenvalue weighted by molar-refractivity contribution is -0.384. The summed E-state index contributed by atoms with van der Waals surface area (Å²) in [5, 5.41) is 16.3. The predicted octanol–water partition coefficient (Wildman–Crippen LogP) is 2.11. The molecule has 0 spiro atoms. The summed E-state index contributed by atoms with van der Waals surface area (Å²) in [6.07, 6.45) is -2.13. The lowest BCUT2D eigenvalue weighted by Crippen LogP contribution is -2.53. The first-order valence-corrected chi connectivity index (χ1v) is 9.68. The highest BCUT2D eigenvalue weighted by Crippen LogP contribution is 2.40. The van der Waals surface area contributed by atoms with Gasteiger partial charge < -0.3 is 34.3 Å². The van der Waals surface area contributed by atoms with Crippen LogP contribution in [0.5, 0.6) is 0 Å². The van der Waals surface area contributed by atoms with Gasteiger partial charge in [0.15, 0.2) is 17.9 Å². The third-order valence-corrected chi connectivity index (χ3v) is 5.12. The molecular formula is C19H25N3O8. The second-order valence-electron chi connectivity index (χ2n) is 8.36. The molecule has 4 rings (SSSR count). The number of carbonyl (C=O) groups is 1. The van der Waals surface area contributed by atoms with Gasteiger partial charge in [0, 0.05) is 17.8 Å². The molecule has 2 unspecified atom stereocenters. The zero-order valence-electron chi connectivity index (χ0n) is 17.1. The van der Waals surface area contributed by atoms with Crippen LogP contribution in [0.25, 0.3) is 0 Å². The molecule has 0 radical (unpaired) electrons. The Morgan fingerprint density at radius 3 is 2.37 bits per heavy atom. The van der Waals surface area contributed by atoms with Gasteiger partial charge in [-0.05, 0) is 39.8 Å². The second-order valence-corrected chi connectivity index (χ2v) is 8.36. The predicted molar refractivity (Wildman–Crippen MR) is 103 cm³/mol. The normalized spacial score (nSPS) is 33.8. The molecule has 3 aliphatic rings. The van der Waals surface area contributed by atoms with Crippen molar-refractivity contribution in [3.63, 3.8) is 0 Å². The van der Waals surface area contributed by atoms with Crippen molar-refractivity contribution in [1.82, 2.24) is 5.32 Å². The number of fused-ring (bicyclic) bond motifs is 1. The number of rotatable bonds is 4. The Hall–Kier alpha value is -2.31. The van der Waals surface area contributed by atoms with E-state index in [1.807, 2.05) is 13.8 Å². The molecule has 5 atom stereocenters. The van der Waals surface area contributed by atoms with Crippen LogP contribution in [0.3, 0.4) is 0 Å². The number of nitro groups is 1. The van der Waals surface area contributed by atoms with Crippen LogP contribution in [-0.2, 0) is 23.7 Å². The number of ether oxygens (including phenoxy) is 5. The molecule has 164 valence electrons. The van der Waals surface area contributed by atoms with Crippen molar-refractivity contribution in [3.8, 4) is 0 Å². The molecule has 0 aliphatic carbocycles. The SMILES string of the molecule is CC1(C)OCC([C@H]2O[C@@H]3OC(C)(C)O[C@@H]3C2NC(=O)Nc2ccc([N+](=O)[O-])cc2)O1. The minimum absolute atomic E-state index is 0.0622. The molecule has 11 nitrogen and oxygen atoms in total. The minimum atomic E-state index is -0.846. The van der Waals surface area contributed by atoms with E-state index in [1.54, 1.807) is 13.8 Å². The zero-order valence-corrected chi connectivity index (χ0v) is 17.1. The van der Waals surface area contributed by atoms with Crippen molar-refractivity contribution >= 4 is 17.4 Å². The standard InChI is InChI=1S/C19H25N3O8/c1-18(2)26-9-12(28-18)14-13(15-16(27-14)30-19(3,4)29-15)21-17(23)20-10-5-7-11(8-6-10)22(24)25/h5-8,12-16H,9H2,1-4H3,(H2,20,21,23)/t12?,13?,14-,15-,16-/m1/s1. The third-order valence-electron chi connectivity index (χ3n) is 5.12. The molecule has 1 aromatic carbocycles. The fourth-order valence-corrected chi connectivity index (χ4v) is 3.88. The summed E-state index contributed by atoms with van der Waals surface area (Å²) < 4.78 is 29.4. The first-order chi connectivity index (χ1) is 14.0. The zero-order chi connectivity index (χ0) is 21.7. The lowest BCUT2D eigenvalue weighted by Gasteiger charge is -2.29. The average molecular weight is 423 g/mol. The number of nitrogens with zero attached hydrogens (tertiary/aromatic N) is 1. The van der Waals surface area contributed by atoms with Crippen LogP contribution in [0.1, 0.15) is 27.7 Å². The third kappa shape index (κ3) is 4.25. The summed E-state index contributed by atoms with van der Waals surface area (Å²) >= 11 is 0. The van der Waals surface area contributed by atoms with Crippen molar-refractivity contribution in [2.45, 2.75) is 69.9 Å². The molecule has 2 N–H and O–H groups in total. The van der Waals surface area contributed by atoms with Gasteiger partial charge in [0.2, 0.25) is 0 Å². The summed E-state index contributed by atoms with van der Waals surface area (Å²) in [5.41, 5.74) is 0.350. The Morgan fingerprint density at radius 2 is 1.77 bits per heavy atom. The number of hydrogen-bond donors (Lipinski definition) is 2. The fourth-order valence-electron chi connectivity index (χ4n) is 3.88. The first kappa shape index (κ1) is 20.9. The van der Waals surface area contributed by atoms with Crippen LogP contribution in [0, 0.1) is 10.1 Å². The number of carbonyl (C=O) groups excluding carboxylic acids is 1. The number of urea groups is 1. The highest BCUT2D eigenvalue weighted by atomic mass is 16.8. The van der Waals surface area contributed by atoms with E-state index >= 15 is 0 Å². The number of nitrogens with one attached hydrogen (secondary N) is 2. The molecule has 3 saturated heterocycles. The summed E-state index contributed by atoms with van der Waals surface area (Å²) in [7, 11) is 0. The molecular weight excluding hydrogens is 398 g/mol. The Balaban J connectivity index is 1.46. The number of nitro benzene ring substituents is 1. The van der Waals surface area contributed by atoms with Crippen molar-refractivity contribution in [1.29, 1.82) is 0 Å². The molecule has 2 amide bonds. The Kier molecular flexibility index (Phi) is 5.19. The van der Waals surface area contributed by atoms with Crippen LogP contribution in [0.4, 0.5) is 16.2 Å². The molecule has 0 bridgehead atoms. The minimum Gasteiger partial charge on any atom is -0.348 e. The molecule has 1 aromatic rings. The molecule has 11 heteroatoms. The van der Waals surface area contributed by atoms with Crippen molar-refractivity contribution in [2.24, 2.45) is 0 Å². The van der Waals surface area contributed by atoms with Gasteiger partial charge in [-0.25, -0.2) is 4.79 Å². The van der Waals surface area contributed by atoms with Gasteiger partial charge in [0.1, 0.15) is 18.3 Å². The maximum absolute atomic E-state index is 12.6. The van der Waals surface area contributed by atoms with Crippen LogP contribution < -0.4 is 10.6 Å². The van der Waals surface area contributed by atoms with Gasteiger partial charge in [-0.2, -0.15) is 0 Å². The summed E-state index contributed by atoms with van der Waals surface area (Å²) in [4.78, 5) is 22.9. The van der Waals surface area contributed by atoms with Gasteiger partial charge in [-0.1, -0.05) is 0 Å². The highest BCUT2D eigenvalue weighted by Gasteiger charge is 2.58. The monoisotopic (exact) mass is 423 g/mol. The maximum Gasteiger partial charge on any atom is 0.319 e. The largest absolute Gasteiger partial charge is 0.348 e. The molecule has 3 aliphatic heterocycles. The highest BCUT2D eigenvalue weighted by molar-refractivity contribution is 5.89. The summed E-state index contributed by atoms with van der Waals surface area (Å²) in [6, 6.07) is 4.48. The van der Waals surface area contributed by atoms with Gasteiger partial charge in [0.25, 0.3) is 5.69 Å². The van der Waals surface area contributed by atoms with E-state index in [0.717, 1.165) is 0 Å². The molecule has 3 fully saturated rings. The van der Waals surface area contributed by atoms with Crippen LogP contribution in [0.2, 0.25) is 0 Å². The van der Waals surface area contributed by atoms with E-state index in [0.29, 0.717) is 12.3 Å². The summed E-state index contributed by atoms with van der Waals surface area (Å²) in [6.45, 7) is 7.47. The van der Waals surface area contributed by atoms with Gasteiger partial charge >= 0.3 is 6.03 Å². The molecule has 0 saturated carbocycles. The fraction of sp³-hybridized carbons (Fsp3) is 0.632. The molecule has 30 heavy (non-hydrogen) atoms. The number of benzene rings is 1. The maximum atomic E-state index is 12.6. The Morgan fingerprint density at radius 1 is 1.07 bits per heavy atom. The van der Waals surface area contributed by atoms with Gasteiger partial charge in [-0.15, -0.1) is 0 Å². The van der Waals surface area contributed by atoms with E-state index < -0.39 is 53.2 Å². The number of anilines is 1. The van der Waals surface area contributed by atoms with E-state index in [9.17, 15) is 14.9 Å². The lowest BCUT2D eigenvalue weighted by atomic mass is 10.0. The second kappa shape index (κ2) is 7.43. The van der Waals surface area contributed by atoms with Crippen molar-refractivity contribution in [3.05, 3.63) is 34.4 Å². The van der Waals surface area contributed by atoms with E-state index in [1.165, 1.54) is 24.3 Å². The molecule has 3 heterocycles. The first-order valence-electron chi connectivity index (χ1n) is 9.68. The number of hydrogen-bond acceptors (Lipinski definition) is 8. The smallest absolute Gasteiger partial charge is 0.319 e. The quantitative estimate of drug-likeness (QED) is 0.556. The number of non-ortho nitro benzene ring substituents is 1. The van der Waals surface area contributed by atoms with Crippen molar-refractivity contribution in [2.75, 3.05) is 11.9 Å². The van der Waals surface area contributed by atoms with E-state index in [2.05, 4.69) is 10.6 Å². The van der Waals surface area contributed by atoms with Gasteiger partial charge in [-0.3, -0.25) is 10.1 Å². The average Bonchev–Trinajstić information content (AvgIpc) is 3.25. The van der Waals surface area contributed by atoms with Gasteiger partial charge in [0.05, 0.1) is 17.6 Å². The molecule has 0 aromatic heterocycles. The Bertz CT molecular complexity index is 828. The van der Waals surface area contributed by atoms with Crippen molar-refractivity contribution < 1.29 is 33.4 Å². The van der Waals surface area contributed by atoms with Crippen LogP contribution in [-0.4, -0.2) is 59.8 Å².